The van der Waals surface area contributed by atoms with Gasteiger partial charge in [-0.25, -0.2) is 15.1 Å². The molecule has 2 heterocycles. The van der Waals surface area contributed by atoms with E-state index in [0.29, 0.717) is 63.3 Å². The number of aliphatic hydroxyl groups is 1. The summed E-state index contributed by atoms with van der Waals surface area (Å²) in [6.45, 7) is 11.3. The average Bonchev–Trinajstić information content (AvgIpc) is 4.03. The summed E-state index contributed by atoms with van der Waals surface area (Å²) < 4.78 is 50.7. The molecule has 0 bridgehead atoms. The molecule has 0 saturated carbocycles. The normalized spacial score (nSPS) is 21.7. The van der Waals surface area contributed by atoms with Crippen LogP contribution in [0.4, 0.5) is 10.5 Å². The van der Waals surface area contributed by atoms with E-state index in [1.807, 2.05) is 6.92 Å². The van der Waals surface area contributed by atoms with Crippen LogP contribution in [0.5, 0.6) is 5.75 Å². The molecule has 2 aliphatic rings. The molecule has 0 radical (unpaired) electrons. The number of nitrogens with one attached hydrogen (secondary N) is 2. The van der Waals surface area contributed by atoms with Crippen LogP contribution in [-0.2, 0) is 57.1 Å². The molecule has 0 aliphatic carbocycles. The summed E-state index contributed by atoms with van der Waals surface area (Å²) in [7, 11) is 7.50. The Hall–Kier alpha value is -4.94. The Kier molecular flexibility index (Phi) is 24.4. The van der Waals surface area contributed by atoms with Gasteiger partial charge in [-0.2, -0.15) is 5.11 Å². The van der Waals surface area contributed by atoms with Crippen molar-refractivity contribution < 1.29 is 71.7 Å². The highest BCUT2D eigenvalue weighted by Crippen LogP contribution is 2.49. The van der Waals surface area contributed by atoms with Gasteiger partial charge in [-0.15, -0.1) is 0 Å². The number of aryl methyl sites for hydroxylation is 1. The van der Waals surface area contributed by atoms with Crippen molar-refractivity contribution >= 4 is 47.1 Å². The molecule has 0 unspecified atom stereocenters. The number of alkyl carbamates (subject to hydrolysis) is 1. The van der Waals surface area contributed by atoms with Gasteiger partial charge in [-0.1, -0.05) is 30.7 Å². The highest BCUT2D eigenvalue weighted by atomic mass is 35.5. The van der Waals surface area contributed by atoms with Crippen LogP contribution in [0.15, 0.2) is 41.3 Å². The standard InChI is InChI=1S/C47H74ClN7O15/c1-11-13-37(63-10)47(61)27-36(68-45(60)51-47)31(3)43-46(5,70-43)38(26-41(58)55(8)34-24-30(2)25-35(62-9)42(34)48)69-44(59)32(4)54(7)40(57)15-12-14-39(56)53(6)16-17-64-18-19-65-20-21-66-22-23-67-29-33(28-49)52-50/h11,13,24-25,28,31-32,36-38,43,50,61H,12,14-23,26-27,29,49H2,1-10H3,(H,51,60)/b13-11+,33-28-,52-50?/t31-,32+,36+,37-,38+,43+,46+,47+/m1/s1. The predicted octanol–water partition coefficient (Wildman–Crippen LogP) is 3.87. The molecule has 2 aliphatic heterocycles. The van der Waals surface area contributed by atoms with E-state index in [4.69, 9.17) is 65.5 Å². The zero-order valence-electron chi connectivity index (χ0n) is 42.2. The van der Waals surface area contributed by atoms with Gasteiger partial charge >= 0.3 is 12.1 Å². The molecule has 0 aromatic heterocycles. The SMILES string of the molecule is C/C=C/[C@@H](OC)[C@@]1(O)C[C@@H]([C@@H](C)[C@@H]2O[C@@]2(C)[C@H](CC(=O)N(C)c2cc(C)cc(OC)c2Cl)OC(=O)[C@H](C)N(C)C(=O)CCCC(=O)N(C)CCOCCOCCOCCOC/C(=C/N)N=N)OC(=O)N1. The van der Waals surface area contributed by atoms with Crippen molar-refractivity contribution in [2.45, 2.75) is 109 Å². The molecule has 0 spiro atoms. The first-order valence-corrected chi connectivity index (χ1v) is 23.5. The largest absolute Gasteiger partial charge is 0.495 e. The van der Waals surface area contributed by atoms with Crippen LogP contribution in [0.3, 0.4) is 0 Å². The van der Waals surface area contributed by atoms with Gasteiger partial charge in [0.15, 0.2) is 5.72 Å². The second-order valence-electron chi connectivity index (χ2n) is 17.4. The first-order valence-electron chi connectivity index (χ1n) is 23.2. The van der Waals surface area contributed by atoms with Crippen molar-refractivity contribution in [2.75, 3.05) is 99.7 Å². The summed E-state index contributed by atoms with van der Waals surface area (Å²) in [4.78, 5) is 71.1. The van der Waals surface area contributed by atoms with E-state index in [-0.39, 0.29) is 56.2 Å². The Morgan fingerprint density at radius 3 is 2.20 bits per heavy atom. The van der Waals surface area contributed by atoms with Crippen LogP contribution in [0.25, 0.3) is 0 Å². The Bertz CT molecular complexity index is 1980. The first kappa shape index (κ1) is 59.4. The fourth-order valence-corrected chi connectivity index (χ4v) is 8.02. The third-order valence-corrected chi connectivity index (χ3v) is 12.7. The zero-order chi connectivity index (χ0) is 52.2. The molecule has 23 heteroatoms. The van der Waals surface area contributed by atoms with Crippen LogP contribution >= 0.6 is 11.6 Å². The third kappa shape index (κ3) is 17.1. The van der Waals surface area contributed by atoms with E-state index in [1.54, 1.807) is 52.1 Å². The fraction of sp³-hybridized carbons (Fsp3) is 0.681. The topological polar surface area (TPSA) is 276 Å². The van der Waals surface area contributed by atoms with Gasteiger partial charge in [0.1, 0.15) is 46.4 Å². The Morgan fingerprint density at radius 2 is 1.61 bits per heavy atom. The van der Waals surface area contributed by atoms with Gasteiger partial charge in [0, 0.05) is 66.2 Å². The first-order chi connectivity index (χ1) is 33.2. The summed E-state index contributed by atoms with van der Waals surface area (Å²) in [5.41, 5.74) is 10.6. The van der Waals surface area contributed by atoms with Crippen molar-refractivity contribution in [2.24, 2.45) is 16.8 Å². The molecule has 2 fully saturated rings. The van der Waals surface area contributed by atoms with Crippen molar-refractivity contribution in [1.29, 1.82) is 5.53 Å². The maximum Gasteiger partial charge on any atom is 0.409 e. The quantitative estimate of drug-likeness (QED) is 0.0262. The molecule has 70 heavy (non-hydrogen) atoms. The van der Waals surface area contributed by atoms with Gasteiger partial charge in [0.25, 0.3) is 0 Å². The number of anilines is 1. The zero-order valence-corrected chi connectivity index (χ0v) is 42.9. The van der Waals surface area contributed by atoms with Crippen molar-refractivity contribution in [1.82, 2.24) is 15.1 Å². The Balaban J connectivity index is 1.56. The lowest BCUT2D eigenvalue weighted by atomic mass is 9.83. The predicted molar refractivity (Wildman–Crippen MR) is 256 cm³/mol. The Morgan fingerprint density at radius 1 is 1.00 bits per heavy atom. The highest BCUT2D eigenvalue weighted by Gasteiger charge is 2.64. The molecule has 22 nitrogen and oxygen atoms in total. The lowest BCUT2D eigenvalue weighted by molar-refractivity contribution is -0.162. The van der Waals surface area contributed by atoms with Gasteiger partial charge in [0.05, 0.1) is 78.2 Å². The number of halogens is 1. The molecule has 1 aromatic rings. The molecular formula is C47H74ClN7O15. The maximum atomic E-state index is 14.1. The number of epoxide rings is 1. The minimum absolute atomic E-state index is 0.0276. The number of benzene rings is 1. The number of likely N-dealkylation sites (N-methyl/N-ethyl adjacent to an activating group) is 2. The summed E-state index contributed by atoms with van der Waals surface area (Å²) in [6, 6.07) is 2.35. The summed E-state index contributed by atoms with van der Waals surface area (Å²) in [5.74, 6) is -2.09. The number of rotatable bonds is 32. The molecule has 394 valence electrons. The Labute approximate surface area is 415 Å². The summed E-state index contributed by atoms with van der Waals surface area (Å²) in [5, 5.41) is 17.4. The maximum absolute atomic E-state index is 14.1. The lowest BCUT2D eigenvalue weighted by Crippen LogP contribution is -2.63. The van der Waals surface area contributed by atoms with Crippen molar-refractivity contribution in [3.8, 4) is 5.75 Å². The number of hydrogen-bond donors (Lipinski definition) is 4. The van der Waals surface area contributed by atoms with E-state index < -0.39 is 71.6 Å². The number of carbonyl (C=O) groups excluding carboxylic acids is 5. The van der Waals surface area contributed by atoms with Crippen molar-refractivity contribution in [3.63, 3.8) is 0 Å². The van der Waals surface area contributed by atoms with E-state index in [1.165, 1.54) is 56.1 Å². The second-order valence-corrected chi connectivity index (χ2v) is 17.7. The number of carbonyl (C=O) groups is 5. The van der Waals surface area contributed by atoms with E-state index >= 15 is 0 Å². The minimum Gasteiger partial charge on any atom is -0.495 e. The van der Waals surface area contributed by atoms with E-state index in [0.717, 1.165) is 5.56 Å². The molecule has 8 atom stereocenters. The fourth-order valence-electron chi connectivity index (χ4n) is 7.71. The number of amides is 4. The second kappa shape index (κ2) is 28.8. The molecule has 3 rings (SSSR count). The lowest BCUT2D eigenvalue weighted by Gasteiger charge is -2.42. The number of nitrogens with zero attached hydrogens (tertiary/aromatic N) is 4. The molecule has 4 amide bonds. The van der Waals surface area contributed by atoms with E-state index in [9.17, 15) is 29.1 Å². The molecule has 2 saturated heterocycles. The monoisotopic (exact) mass is 1010 g/mol. The summed E-state index contributed by atoms with van der Waals surface area (Å²) in [6.07, 6.45) is -0.219. The average molecular weight is 1010 g/mol. The van der Waals surface area contributed by atoms with Crippen LogP contribution < -0.4 is 20.7 Å². The number of allylic oxidation sites excluding steroid dienone is 1. The van der Waals surface area contributed by atoms with Gasteiger partial charge in [-0.3, -0.25) is 19.7 Å². The molecular weight excluding hydrogens is 938 g/mol. The number of esters is 1. The molecule has 5 N–H and O–H groups in total. The number of methoxy groups -OCH3 is 2. The van der Waals surface area contributed by atoms with E-state index in [2.05, 4.69) is 10.4 Å². The van der Waals surface area contributed by atoms with Gasteiger partial charge in [0.2, 0.25) is 17.7 Å². The van der Waals surface area contributed by atoms with Gasteiger partial charge < -0.3 is 68.2 Å². The third-order valence-electron chi connectivity index (χ3n) is 12.3. The number of ether oxygens (including phenoxy) is 9. The smallest absolute Gasteiger partial charge is 0.409 e. The van der Waals surface area contributed by atoms with Gasteiger partial charge in [-0.05, 0) is 51.8 Å². The number of nitrogens with two attached hydrogens (primary N) is 1. The van der Waals surface area contributed by atoms with Crippen LogP contribution in [0.1, 0.15) is 65.4 Å². The summed E-state index contributed by atoms with van der Waals surface area (Å²) >= 11 is 6.64. The molecule has 1 aromatic carbocycles. The van der Waals surface area contributed by atoms with Crippen LogP contribution in [0.2, 0.25) is 5.02 Å². The number of hydrogen-bond acceptors (Lipinski definition) is 18. The van der Waals surface area contributed by atoms with Crippen LogP contribution in [0, 0.1) is 18.4 Å². The minimum atomic E-state index is -1.81. The highest BCUT2D eigenvalue weighted by molar-refractivity contribution is 6.35. The van der Waals surface area contributed by atoms with Crippen molar-refractivity contribution in [3.05, 3.63) is 46.8 Å². The van der Waals surface area contributed by atoms with Crippen LogP contribution in [-0.4, -0.2) is 181 Å². The number of cyclic esters (lactones) is 1.